The van der Waals surface area contributed by atoms with E-state index in [2.05, 4.69) is 17.1 Å². The lowest BCUT2D eigenvalue weighted by atomic mass is 9.94. The second-order valence-electron chi connectivity index (χ2n) is 9.50. The summed E-state index contributed by atoms with van der Waals surface area (Å²) in [4.78, 5) is 29.3. The Hall–Kier alpha value is -2.08. The average molecular weight is 519 g/mol. The summed E-state index contributed by atoms with van der Waals surface area (Å²) in [5.41, 5.74) is 1.77. The molecule has 1 N–H and O–H groups in total. The van der Waals surface area contributed by atoms with Crippen LogP contribution in [0.1, 0.15) is 67.3 Å². The van der Waals surface area contributed by atoms with E-state index in [9.17, 15) is 9.59 Å². The minimum atomic E-state index is 0.00953. The number of carbonyl (C=O) groups excluding carboxylic acids is 2. The highest BCUT2D eigenvalue weighted by molar-refractivity contribution is 6.42. The molecule has 1 fully saturated rings. The van der Waals surface area contributed by atoms with Gasteiger partial charge in [0, 0.05) is 50.6 Å². The van der Waals surface area contributed by atoms with E-state index in [1.165, 1.54) is 0 Å². The van der Waals surface area contributed by atoms with E-state index in [-0.39, 0.29) is 23.8 Å². The molecular weight excluding hydrogens is 481 g/mol. The molecule has 0 spiro atoms. The maximum absolute atomic E-state index is 13.0. The Morgan fingerprint density at radius 3 is 2.46 bits per heavy atom. The zero-order valence-electron chi connectivity index (χ0n) is 20.8. The molecule has 35 heavy (non-hydrogen) atoms. The molecule has 1 unspecified atom stereocenters. The van der Waals surface area contributed by atoms with Gasteiger partial charge >= 0.3 is 0 Å². The van der Waals surface area contributed by atoms with Crippen molar-refractivity contribution in [3.63, 3.8) is 0 Å². The van der Waals surface area contributed by atoms with Crippen molar-refractivity contribution in [1.29, 1.82) is 0 Å². The summed E-state index contributed by atoms with van der Waals surface area (Å²) in [5, 5.41) is 4.26. The Morgan fingerprint density at radius 2 is 1.80 bits per heavy atom. The van der Waals surface area contributed by atoms with Crippen LogP contribution in [0, 0.1) is 0 Å². The van der Waals surface area contributed by atoms with Crippen molar-refractivity contribution in [3.05, 3.63) is 69.7 Å². The van der Waals surface area contributed by atoms with Gasteiger partial charge in [0.1, 0.15) is 0 Å². The van der Waals surface area contributed by atoms with Gasteiger partial charge in [-0.2, -0.15) is 0 Å². The van der Waals surface area contributed by atoms with Crippen molar-refractivity contribution >= 4 is 35.0 Å². The number of likely N-dealkylation sites (tertiary alicyclic amines) is 1. The van der Waals surface area contributed by atoms with Crippen LogP contribution in [-0.2, 0) is 4.79 Å². The Labute approximate surface area is 219 Å². The lowest BCUT2D eigenvalue weighted by Crippen LogP contribution is -2.45. The summed E-state index contributed by atoms with van der Waals surface area (Å²) in [5.74, 6) is 0.320. The largest absolute Gasteiger partial charge is 0.353 e. The van der Waals surface area contributed by atoms with Crippen LogP contribution in [0.15, 0.2) is 48.5 Å². The van der Waals surface area contributed by atoms with Crippen LogP contribution in [0.3, 0.4) is 0 Å². The van der Waals surface area contributed by atoms with Gasteiger partial charge in [-0.3, -0.25) is 9.59 Å². The molecule has 1 saturated heterocycles. The number of hydrogen-bond acceptors (Lipinski definition) is 3. The summed E-state index contributed by atoms with van der Waals surface area (Å²) >= 11 is 12.5. The number of benzene rings is 2. The Bertz CT molecular complexity index is 962. The summed E-state index contributed by atoms with van der Waals surface area (Å²) in [7, 11) is 1.85. The predicted octanol–water partition coefficient (Wildman–Crippen LogP) is 6.01. The molecule has 0 radical (unpaired) electrons. The zero-order valence-corrected chi connectivity index (χ0v) is 22.3. The van der Waals surface area contributed by atoms with E-state index in [4.69, 9.17) is 23.2 Å². The SMILES string of the molecule is CCCCC(=O)NC1CCN(CCC(CN(C)C(=O)c2ccccc2)c2ccc(Cl)c(Cl)c2)CC1. The van der Waals surface area contributed by atoms with Crippen LogP contribution in [0.25, 0.3) is 0 Å². The van der Waals surface area contributed by atoms with E-state index in [1.807, 2.05) is 55.6 Å². The van der Waals surface area contributed by atoms with E-state index in [0.717, 1.165) is 57.3 Å². The minimum absolute atomic E-state index is 0.00953. The number of nitrogens with one attached hydrogen (secondary N) is 1. The fourth-order valence-electron chi connectivity index (χ4n) is 4.62. The quantitative estimate of drug-likeness (QED) is 0.397. The molecular formula is C28H37Cl2N3O2. The molecule has 2 amide bonds. The van der Waals surface area contributed by atoms with E-state index in [0.29, 0.717) is 28.6 Å². The Kier molecular flexibility index (Phi) is 10.9. The molecule has 0 saturated carbocycles. The number of nitrogens with zero attached hydrogens (tertiary/aromatic N) is 2. The van der Waals surface area contributed by atoms with E-state index < -0.39 is 0 Å². The fourth-order valence-corrected chi connectivity index (χ4v) is 4.93. The molecule has 3 rings (SSSR count). The Balaban J connectivity index is 1.59. The van der Waals surface area contributed by atoms with Crippen LogP contribution in [-0.4, -0.2) is 60.9 Å². The number of carbonyl (C=O) groups is 2. The van der Waals surface area contributed by atoms with Crippen LogP contribution in [0.4, 0.5) is 0 Å². The van der Waals surface area contributed by atoms with Crippen LogP contribution in [0.5, 0.6) is 0 Å². The highest BCUT2D eigenvalue weighted by Crippen LogP contribution is 2.29. The lowest BCUT2D eigenvalue weighted by Gasteiger charge is -2.34. The first kappa shape index (κ1) is 27.5. The molecule has 2 aromatic rings. The smallest absolute Gasteiger partial charge is 0.253 e. The normalized spacial score (nSPS) is 15.5. The molecule has 0 aliphatic carbocycles. The summed E-state index contributed by atoms with van der Waals surface area (Å²) in [6.07, 6.45) is 5.46. The fraction of sp³-hybridized carbons (Fsp3) is 0.500. The van der Waals surface area contributed by atoms with Crippen LogP contribution >= 0.6 is 23.2 Å². The van der Waals surface area contributed by atoms with Gasteiger partial charge in [0.15, 0.2) is 0 Å². The van der Waals surface area contributed by atoms with Gasteiger partial charge in [0.2, 0.25) is 5.91 Å². The van der Waals surface area contributed by atoms with Crippen molar-refractivity contribution in [2.45, 2.75) is 57.4 Å². The average Bonchev–Trinajstić information content (AvgIpc) is 2.87. The van der Waals surface area contributed by atoms with Crippen molar-refractivity contribution in [2.24, 2.45) is 0 Å². The molecule has 1 aliphatic heterocycles. The van der Waals surface area contributed by atoms with Crippen LogP contribution < -0.4 is 5.32 Å². The number of piperidine rings is 1. The molecule has 2 aromatic carbocycles. The summed E-state index contributed by atoms with van der Waals surface area (Å²) in [6.45, 7) is 5.55. The predicted molar refractivity (Wildman–Crippen MR) is 144 cm³/mol. The molecule has 5 nitrogen and oxygen atoms in total. The van der Waals surface area contributed by atoms with Crippen LogP contribution in [0.2, 0.25) is 10.0 Å². The summed E-state index contributed by atoms with van der Waals surface area (Å²) < 4.78 is 0. The van der Waals surface area contributed by atoms with Gasteiger partial charge in [-0.1, -0.05) is 60.8 Å². The first-order valence-electron chi connectivity index (χ1n) is 12.6. The van der Waals surface area contributed by atoms with Crippen molar-refractivity contribution in [2.75, 3.05) is 33.2 Å². The highest BCUT2D eigenvalue weighted by atomic mass is 35.5. The number of halogens is 2. The Morgan fingerprint density at radius 1 is 1.09 bits per heavy atom. The standard InChI is InChI=1S/C28H37Cl2N3O2/c1-3-4-10-27(34)31-24-14-17-33(18-15-24)16-13-23(22-11-12-25(29)26(30)19-22)20-32(2)28(35)21-8-6-5-7-9-21/h5-9,11-12,19,23-24H,3-4,10,13-18,20H2,1-2H3,(H,31,34). The second kappa shape index (κ2) is 13.9. The number of amides is 2. The third-order valence-electron chi connectivity index (χ3n) is 6.78. The van der Waals surface area contributed by atoms with E-state index >= 15 is 0 Å². The topological polar surface area (TPSA) is 52.7 Å². The number of hydrogen-bond donors (Lipinski definition) is 1. The minimum Gasteiger partial charge on any atom is -0.353 e. The highest BCUT2D eigenvalue weighted by Gasteiger charge is 2.24. The van der Waals surface area contributed by atoms with Gasteiger partial charge in [0.25, 0.3) is 5.91 Å². The molecule has 190 valence electrons. The van der Waals surface area contributed by atoms with Gasteiger partial charge < -0.3 is 15.1 Å². The van der Waals surface area contributed by atoms with Crippen molar-refractivity contribution < 1.29 is 9.59 Å². The molecule has 1 aliphatic rings. The van der Waals surface area contributed by atoms with Crippen molar-refractivity contribution in [1.82, 2.24) is 15.1 Å². The lowest BCUT2D eigenvalue weighted by molar-refractivity contribution is -0.122. The zero-order chi connectivity index (χ0) is 25.2. The molecule has 0 bridgehead atoms. The first-order chi connectivity index (χ1) is 16.9. The monoisotopic (exact) mass is 517 g/mol. The summed E-state index contributed by atoms with van der Waals surface area (Å²) in [6, 6.07) is 15.4. The molecule has 0 aromatic heterocycles. The first-order valence-corrected chi connectivity index (χ1v) is 13.4. The number of unbranched alkanes of at least 4 members (excludes halogenated alkanes) is 1. The maximum Gasteiger partial charge on any atom is 0.253 e. The second-order valence-corrected chi connectivity index (χ2v) is 10.3. The molecule has 1 heterocycles. The van der Waals surface area contributed by atoms with Gasteiger partial charge in [0.05, 0.1) is 10.0 Å². The van der Waals surface area contributed by atoms with Gasteiger partial charge in [-0.25, -0.2) is 0 Å². The third-order valence-corrected chi connectivity index (χ3v) is 7.52. The van der Waals surface area contributed by atoms with Gasteiger partial charge in [-0.15, -0.1) is 0 Å². The molecule has 7 heteroatoms. The van der Waals surface area contributed by atoms with E-state index in [1.54, 1.807) is 4.90 Å². The molecule has 1 atom stereocenters. The van der Waals surface area contributed by atoms with Gasteiger partial charge in [-0.05, 0) is 62.1 Å². The third kappa shape index (κ3) is 8.52. The number of rotatable bonds is 11. The maximum atomic E-state index is 13.0. The number of likely N-dealkylation sites (N-methyl/N-ethyl adjacent to an activating group) is 1. The van der Waals surface area contributed by atoms with Crippen molar-refractivity contribution in [3.8, 4) is 0 Å².